The van der Waals surface area contributed by atoms with Crippen molar-refractivity contribution in [2.75, 3.05) is 17.1 Å². The summed E-state index contributed by atoms with van der Waals surface area (Å²) >= 11 is 5.95. The molecule has 0 saturated carbocycles. The van der Waals surface area contributed by atoms with Crippen LogP contribution in [-0.4, -0.2) is 50.0 Å². The molecule has 0 fully saturated rings. The van der Waals surface area contributed by atoms with Crippen molar-refractivity contribution in [2.24, 2.45) is 0 Å². The molecule has 2 amide bonds. The molecular formula is C23H29ClFN3O4S. The van der Waals surface area contributed by atoms with Crippen molar-refractivity contribution >= 4 is 39.1 Å². The number of anilines is 1. The Morgan fingerprint density at radius 3 is 2.24 bits per heavy atom. The summed E-state index contributed by atoms with van der Waals surface area (Å²) < 4.78 is 39.9. The Kier molecular flexibility index (Phi) is 9.25. The molecule has 0 saturated heterocycles. The van der Waals surface area contributed by atoms with Gasteiger partial charge in [0.05, 0.1) is 11.9 Å². The van der Waals surface area contributed by atoms with E-state index in [0.717, 1.165) is 12.3 Å². The molecule has 0 aliphatic rings. The number of nitrogens with zero attached hydrogens (tertiary/aromatic N) is 2. The maximum atomic E-state index is 14.4. The molecule has 180 valence electrons. The lowest BCUT2D eigenvalue weighted by atomic mass is 10.1. The molecule has 1 N–H and O–H groups in total. The third kappa shape index (κ3) is 7.43. The summed E-state index contributed by atoms with van der Waals surface area (Å²) in [6.07, 6.45) is 1.61. The zero-order valence-corrected chi connectivity index (χ0v) is 20.7. The largest absolute Gasteiger partial charge is 0.352 e. The summed E-state index contributed by atoms with van der Waals surface area (Å²) in [6.45, 7) is 4.72. The van der Waals surface area contributed by atoms with Crippen LogP contribution < -0.4 is 9.62 Å². The Bertz CT molecular complexity index is 1080. The summed E-state index contributed by atoms with van der Waals surface area (Å²) in [5.41, 5.74) is 0.462. The molecule has 0 aliphatic heterocycles. The van der Waals surface area contributed by atoms with Gasteiger partial charge in [-0.1, -0.05) is 42.8 Å². The highest BCUT2D eigenvalue weighted by atomic mass is 35.5. The van der Waals surface area contributed by atoms with E-state index in [-0.39, 0.29) is 24.2 Å². The van der Waals surface area contributed by atoms with Crippen LogP contribution >= 0.6 is 11.6 Å². The van der Waals surface area contributed by atoms with E-state index in [4.69, 9.17) is 11.6 Å². The molecule has 0 bridgehead atoms. The van der Waals surface area contributed by atoms with Crippen molar-refractivity contribution < 1.29 is 22.4 Å². The normalized spacial score (nSPS) is 13.2. The van der Waals surface area contributed by atoms with Gasteiger partial charge in [0.25, 0.3) is 0 Å². The fourth-order valence-corrected chi connectivity index (χ4v) is 4.06. The van der Waals surface area contributed by atoms with Gasteiger partial charge in [0.1, 0.15) is 18.4 Å². The van der Waals surface area contributed by atoms with Gasteiger partial charge in [0.15, 0.2) is 0 Å². The molecule has 10 heteroatoms. The van der Waals surface area contributed by atoms with Crippen LogP contribution in [0.2, 0.25) is 5.02 Å². The maximum Gasteiger partial charge on any atom is 0.244 e. The molecule has 2 atom stereocenters. The first-order valence-electron chi connectivity index (χ1n) is 10.5. The van der Waals surface area contributed by atoms with E-state index < -0.39 is 34.3 Å². The number of benzene rings is 2. The summed E-state index contributed by atoms with van der Waals surface area (Å²) in [6, 6.07) is 11.1. The average Bonchev–Trinajstić information content (AvgIpc) is 2.76. The topological polar surface area (TPSA) is 86.8 Å². The van der Waals surface area contributed by atoms with E-state index in [1.807, 2.05) is 13.8 Å². The van der Waals surface area contributed by atoms with E-state index in [0.29, 0.717) is 21.3 Å². The summed E-state index contributed by atoms with van der Waals surface area (Å²) in [4.78, 5) is 27.4. The fourth-order valence-electron chi connectivity index (χ4n) is 3.08. The molecule has 0 aromatic heterocycles. The number of halogens is 2. The minimum absolute atomic E-state index is 0.0416. The predicted molar refractivity (Wildman–Crippen MR) is 128 cm³/mol. The molecule has 0 radical (unpaired) electrons. The van der Waals surface area contributed by atoms with Crippen LogP contribution in [-0.2, 0) is 26.2 Å². The second-order valence-electron chi connectivity index (χ2n) is 7.86. The predicted octanol–water partition coefficient (Wildman–Crippen LogP) is 3.58. The zero-order chi connectivity index (χ0) is 24.8. The van der Waals surface area contributed by atoms with Crippen LogP contribution in [0.3, 0.4) is 0 Å². The average molecular weight is 498 g/mol. The zero-order valence-electron chi connectivity index (χ0n) is 19.1. The molecule has 2 aromatic carbocycles. The van der Waals surface area contributed by atoms with Crippen LogP contribution in [0.5, 0.6) is 0 Å². The number of para-hydroxylation sites is 1. The fraction of sp³-hybridized carbons (Fsp3) is 0.391. The molecule has 0 aliphatic carbocycles. The highest BCUT2D eigenvalue weighted by Crippen LogP contribution is 2.22. The van der Waals surface area contributed by atoms with E-state index >= 15 is 0 Å². The summed E-state index contributed by atoms with van der Waals surface area (Å²) in [7, 11) is -3.99. The molecule has 7 nitrogen and oxygen atoms in total. The third-order valence-corrected chi connectivity index (χ3v) is 6.61. The Morgan fingerprint density at radius 1 is 1.09 bits per heavy atom. The van der Waals surface area contributed by atoms with Gasteiger partial charge in [-0.15, -0.1) is 0 Å². The highest BCUT2D eigenvalue weighted by molar-refractivity contribution is 7.92. The van der Waals surface area contributed by atoms with Gasteiger partial charge in [-0.05, 0) is 50.1 Å². The Morgan fingerprint density at radius 2 is 1.70 bits per heavy atom. The van der Waals surface area contributed by atoms with Gasteiger partial charge in [-0.3, -0.25) is 13.9 Å². The number of sulfonamides is 1. The monoisotopic (exact) mass is 497 g/mol. The maximum absolute atomic E-state index is 14.4. The van der Waals surface area contributed by atoms with Crippen LogP contribution in [0.15, 0.2) is 48.5 Å². The van der Waals surface area contributed by atoms with Gasteiger partial charge in [0.2, 0.25) is 21.8 Å². The Labute approximate surface area is 199 Å². The van der Waals surface area contributed by atoms with Crippen LogP contribution in [0.1, 0.15) is 32.8 Å². The molecule has 0 heterocycles. The van der Waals surface area contributed by atoms with E-state index in [2.05, 4.69) is 5.32 Å². The third-order valence-electron chi connectivity index (χ3n) is 5.23. The second-order valence-corrected chi connectivity index (χ2v) is 10.2. The van der Waals surface area contributed by atoms with E-state index in [1.54, 1.807) is 31.2 Å². The number of carbonyl (C=O) groups excluding carboxylic acids is 2. The molecule has 2 rings (SSSR count). The summed E-state index contributed by atoms with van der Waals surface area (Å²) in [5, 5.41) is 3.35. The van der Waals surface area contributed by atoms with E-state index in [1.165, 1.54) is 23.1 Å². The van der Waals surface area contributed by atoms with Crippen molar-refractivity contribution in [3.05, 3.63) is 64.9 Å². The Hall–Kier alpha value is -2.65. The quantitative estimate of drug-likeness (QED) is 0.543. The summed E-state index contributed by atoms with van der Waals surface area (Å²) in [5.74, 6) is -1.79. The number of carbonyl (C=O) groups is 2. The van der Waals surface area contributed by atoms with Gasteiger partial charge in [-0.2, -0.15) is 0 Å². The molecule has 2 aromatic rings. The van der Waals surface area contributed by atoms with Gasteiger partial charge in [-0.25, -0.2) is 12.8 Å². The lowest BCUT2D eigenvalue weighted by Crippen LogP contribution is -2.52. The number of hydrogen-bond donors (Lipinski definition) is 1. The van der Waals surface area contributed by atoms with Crippen molar-refractivity contribution in [2.45, 2.75) is 45.8 Å². The van der Waals surface area contributed by atoms with Crippen LogP contribution in [0.25, 0.3) is 0 Å². The minimum atomic E-state index is -3.99. The number of hydrogen-bond acceptors (Lipinski definition) is 4. The smallest absolute Gasteiger partial charge is 0.244 e. The number of rotatable bonds is 10. The lowest BCUT2D eigenvalue weighted by Gasteiger charge is -2.32. The first kappa shape index (κ1) is 26.6. The standard InChI is InChI=1S/C23H29ClFN3O4S/c1-5-16(2)26-23(30)17(3)27(14-18-10-12-19(24)13-11-18)22(29)15-28(33(4,31)32)21-9-7-6-8-20(21)25/h6-13,16-17H,5,14-15H2,1-4H3,(H,26,30)/t16-,17-/m0/s1. The van der Waals surface area contributed by atoms with E-state index in [9.17, 15) is 22.4 Å². The minimum Gasteiger partial charge on any atom is -0.352 e. The molecule has 0 spiro atoms. The second kappa shape index (κ2) is 11.5. The Balaban J connectivity index is 2.39. The number of amides is 2. The van der Waals surface area contributed by atoms with Crippen molar-refractivity contribution in [3.63, 3.8) is 0 Å². The number of nitrogens with one attached hydrogen (secondary N) is 1. The van der Waals surface area contributed by atoms with Gasteiger partial charge >= 0.3 is 0 Å². The molecular weight excluding hydrogens is 469 g/mol. The highest BCUT2D eigenvalue weighted by Gasteiger charge is 2.31. The van der Waals surface area contributed by atoms with Crippen LogP contribution in [0, 0.1) is 5.82 Å². The first-order valence-corrected chi connectivity index (χ1v) is 12.7. The van der Waals surface area contributed by atoms with Gasteiger partial charge in [0, 0.05) is 17.6 Å². The van der Waals surface area contributed by atoms with Gasteiger partial charge < -0.3 is 10.2 Å². The first-order chi connectivity index (χ1) is 15.4. The van der Waals surface area contributed by atoms with Crippen molar-refractivity contribution in [1.82, 2.24) is 10.2 Å². The van der Waals surface area contributed by atoms with Crippen molar-refractivity contribution in [1.29, 1.82) is 0 Å². The molecule has 0 unspecified atom stereocenters. The van der Waals surface area contributed by atoms with Crippen LogP contribution in [0.4, 0.5) is 10.1 Å². The van der Waals surface area contributed by atoms with Crippen molar-refractivity contribution in [3.8, 4) is 0 Å². The molecule has 33 heavy (non-hydrogen) atoms. The SMILES string of the molecule is CC[C@H](C)NC(=O)[C@H](C)N(Cc1ccc(Cl)cc1)C(=O)CN(c1ccccc1F)S(C)(=O)=O. The lowest BCUT2D eigenvalue weighted by molar-refractivity contribution is -0.139.